The zero-order valence-electron chi connectivity index (χ0n) is 16.4. The van der Waals surface area contributed by atoms with Gasteiger partial charge in [-0.3, -0.25) is 19.4 Å². The summed E-state index contributed by atoms with van der Waals surface area (Å²) in [4.78, 5) is 27.5. The van der Waals surface area contributed by atoms with E-state index >= 15 is 0 Å². The van der Waals surface area contributed by atoms with E-state index in [2.05, 4.69) is 15.9 Å². The van der Waals surface area contributed by atoms with Crippen LogP contribution in [0.15, 0.2) is 46.4 Å². The highest BCUT2D eigenvalue weighted by atomic mass is 79.9. The van der Waals surface area contributed by atoms with Gasteiger partial charge in [0, 0.05) is 14.1 Å². The summed E-state index contributed by atoms with van der Waals surface area (Å²) in [5, 5.41) is 0.141. The van der Waals surface area contributed by atoms with Crippen LogP contribution in [0.3, 0.4) is 0 Å². The van der Waals surface area contributed by atoms with Crippen molar-refractivity contribution in [3.05, 3.63) is 63.4 Å². The molecule has 2 aromatic carbocycles. The number of methoxy groups -OCH3 is 1. The summed E-state index contributed by atoms with van der Waals surface area (Å²) >= 11 is 8.53. The van der Waals surface area contributed by atoms with Gasteiger partial charge in [0.05, 0.1) is 11.6 Å². The number of hydrogen-bond donors (Lipinski definition) is 0. The Hall–Kier alpha value is -2.78. The van der Waals surface area contributed by atoms with E-state index in [9.17, 15) is 14.0 Å². The zero-order valence-corrected chi connectivity index (χ0v) is 18.8. The molecule has 2 aromatic rings. The fourth-order valence-electron chi connectivity index (χ4n) is 2.89. The van der Waals surface area contributed by atoms with Gasteiger partial charge in [0.2, 0.25) is 0 Å². The van der Waals surface area contributed by atoms with Crippen LogP contribution in [0.5, 0.6) is 11.5 Å². The van der Waals surface area contributed by atoms with Crippen molar-refractivity contribution >= 4 is 51.2 Å². The maximum absolute atomic E-state index is 13.4. The number of halogens is 2. The highest BCUT2D eigenvalue weighted by Crippen LogP contribution is 2.38. The summed E-state index contributed by atoms with van der Waals surface area (Å²) in [6, 6.07) is 9.44. The second-order valence-electron chi connectivity index (χ2n) is 6.52. The van der Waals surface area contributed by atoms with Gasteiger partial charge in [0.15, 0.2) is 16.6 Å². The largest absolute Gasteiger partial charge is 0.493 e. The topological polar surface area (TPSA) is 59.1 Å². The highest BCUT2D eigenvalue weighted by Gasteiger charge is 2.35. The Bertz CT molecular complexity index is 1050. The molecule has 2 amide bonds. The number of hydrogen-bond acceptors (Lipinski definition) is 5. The molecule has 1 fully saturated rings. The predicted molar refractivity (Wildman–Crippen MR) is 118 cm³/mol. The van der Waals surface area contributed by atoms with Gasteiger partial charge < -0.3 is 9.47 Å². The van der Waals surface area contributed by atoms with Crippen LogP contribution in [0.1, 0.15) is 11.1 Å². The fraction of sp³-hybridized carbons (Fsp3) is 0.190. The lowest BCUT2D eigenvalue weighted by Crippen LogP contribution is -2.52. The Morgan fingerprint density at radius 3 is 2.40 bits per heavy atom. The number of benzene rings is 2. The lowest BCUT2D eigenvalue weighted by Gasteiger charge is -2.31. The van der Waals surface area contributed by atoms with Gasteiger partial charge in [-0.05, 0) is 69.6 Å². The molecule has 3 rings (SSSR count). The Kier molecular flexibility index (Phi) is 6.52. The number of ether oxygens (including phenoxy) is 2. The Morgan fingerprint density at radius 1 is 1.13 bits per heavy atom. The van der Waals surface area contributed by atoms with Gasteiger partial charge in [-0.2, -0.15) is 0 Å². The van der Waals surface area contributed by atoms with Crippen LogP contribution in [0.2, 0.25) is 0 Å². The first kappa shape index (κ1) is 21.9. The minimum atomic E-state index is -0.482. The molecule has 0 spiro atoms. The van der Waals surface area contributed by atoms with Gasteiger partial charge >= 0.3 is 0 Å². The smallest absolute Gasteiger partial charge is 0.265 e. The quantitative estimate of drug-likeness (QED) is 0.361. The summed E-state index contributed by atoms with van der Waals surface area (Å²) < 4.78 is 25.1. The van der Waals surface area contributed by atoms with Crippen molar-refractivity contribution in [2.75, 3.05) is 21.2 Å². The predicted octanol–water partition coefficient (Wildman–Crippen LogP) is 3.77. The molecule has 0 saturated carbocycles. The van der Waals surface area contributed by atoms with Crippen molar-refractivity contribution in [3.8, 4) is 11.5 Å². The molecule has 0 aliphatic carbocycles. The molecule has 9 heteroatoms. The number of rotatable bonds is 5. The fourth-order valence-corrected chi connectivity index (χ4v) is 3.63. The molecule has 0 bridgehead atoms. The molecule has 30 heavy (non-hydrogen) atoms. The molecular formula is C21H18BrFN2O4S. The molecule has 1 aliphatic heterocycles. The number of carbonyl (C=O) groups excluding carboxylic acids is 2. The summed E-state index contributed by atoms with van der Waals surface area (Å²) in [5.74, 6) is -0.504. The van der Waals surface area contributed by atoms with E-state index in [0.29, 0.717) is 27.1 Å². The lowest BCUT2D eigenvalue weighted by atomic mass is 10.1. The third-order valence-electron chi connectivity index (χ3n) is 4.48. The number of amides is 2. The Balaban J connectivity index is 1.91. The minimum Gasteiger partial charge on any atom is -0.493 e. The van der Waals surface area contributed by atoms with Gasteiger partial charge in [-0.1, -0.05) is 12.1 Å². The van der Waals surface area contributed by atoms with Crippen molar-refractivity contribution < 1.29 is 23.5 Å². The van der Waals surface area contributed by atoms with E-state index in [1.165, 1.54) is 49.2 Å². The van der Waals surface area contributed by atoms with Crippen LogP contribution in [-0.4, -0.2) is 47.9 Å². The second kappa shape index (κ2) is 8.93. The van der Waals surface area contributed by atoms with Gasteiger partial charge in [-0.15, -0.1) is 0 Å². The maximum atomic E-state index is 13.4. The van der Waals surface area contributed by atoms with E-state index in [-0.39, 0.29) is 23.1 Å². The molecule has 0 N–H and O–H groups in total. The van der Waals surface area contributed by atoms with E-state index in [0.717, 1.165) is 0 Å². The van der Waals surface area contributed by atoms with E-state index in [4.69, 9.17) is 21.7 Å². The van der Waals surface area contributed by atoms with E-state index < -0.39 is 11.8 Å². The van der Waals surface area contributed by atoms with Crippen LogP contribution in [0, 0.1) is 5.82 Å². The summed E-state index contributed by atoms with van der Waals surface area (Å²) in [7, 11) is 4.51. The van der Waals surface area contributed by atoms with Crippen molar-refractivity contribution in [2.24, 2.45) is 0 Å². The molecule has 156 valence electrons. The number of nitrogens with zero attached hydrogens (tertiary/aromatic N) is 2. The monoisotopic (exact) mass is 492 g/mol. The number of carbonyl (C=O) groups is 2. The SMILES string of the molecule is COc1cc(C=C2C(=O)N(C)C(=S)N(C)C2=O)cc(Br)c1OCc1cccc(F)c1. The first-order valence-corrected chi connectivity index (χ1v) is 9.99. The molecular weight excluding hydrogens is 475 g/mol. The Morgan fingerprint density at radius 2 is 1.80 bits per heavy atom. The van der Waals surface area contributed by atoms with Crippen molar-refractivity contribution in [2.45, 2.75) is 6.61 Å². The van der Waals surface area contributed by atoms with Crippen LogP contribution < -0.4 is 9.47 Å². The molecule has 1 aliphatic rings. The van der Waals surface area contributed by atoms with E-state index in [1.54, 1.807) is 24.3 Å². The Labute approximate surface area is 187 Å². The van der Waals surface area contributed by atoms with E-state index in [1.807, 2.05) is 0 Å². The van der Waals surface area contributed by atoms with Crippen LogP contribution in [-0.2, 0) is 16.2 Å². The standard InChI is InChI=1S/C21H18BrFN2O4S/c1-24-19(26)15(20(27)25(2)21(24)30)8-13-9-16(22)18(17(10-13)28-3)29-11-12-5-4-6-14(23)7-12/h4-10H,11H2,1-3H3. The molecule has 0 unspecified atom stereocenters. The summed E-state index contributed by atoms with van der Waals surface area (Å²) in [5.41, 5.74) is 1.20. The average Bonchev–Trinajstić information content (AvgIpc) is 2.73. The van der Waals surface area contributed by atoms with Gasteiger partial charge in [0.1, 0.15) is 18.0 Å². The maximum Gasteiger partial charge on any atom is 0.265 e. The summed E-state index contributed by atoms with van der Waals surface area (Å²) in [6.45, 7) is 0.136. The van der Waals surface area contributed by atoms with Crippen molar-refractivity contribution in [3.63, 3.8) is 0 Å². The van der Waals surface area contributed by atoms with Crippen molar-refractivity contribution in [1.82, 2.24) is 9.80 Å². The van der Waals surface area contributed by atoms with Gasteiger partial charge in [-0.25, -0.2) is 4.39 Å². The first-order valence-electron chi connectivity index (χ1n) is 8.79. The molecule has 6 nitrogen and oxygen atoms in total. The lowest BCUT2D eigenvalue weighted by molar-refractivity contribution is -0.132. The van der Waals surface area contributed by atoms with Gasteiger partial charge in [0.25, 0.3) is 11.8 Å². The van der Waals surface area contributed by atoms with Crippen molar-refractivity contribution in [1.29, 1.82) is 0 Å². The average molecular weight is 493 g/mol. The molecule has 1 saturated heterocycles. The molecule has 0 radical (unpaired) electrons. The highest BCUT2D eigenvalue weighted by molar-refractivity contribution is 9.10. The zero-order chi connectivity index (χ0) is 22.0. The molecule has 0 atom stereocenters. The molecule has 1 heterocycles. The third-order valence-corrected chi connectivity index (χ3v) is 5.62. The first-order chi connectivity index (χ1) is 14.2. The van der Waals surface area contributed by atoms with Crippen LogP contribution in [0.25, 0.3) is 6.08 Å². The molecule has 0 aromatic heterocycles. The number of thiocarbonyl (C=S) groups is 1. The second-order valence-corrected chi connectivity index (χ2v) is 7.74. The minimum absolute atomic E-state index is 0.0176. The number of likely N-dealkylation sites (N-methyl/N-ethyl adjacent to an activating group) is 2. The normalized spacial score (nSPS) is 14.3. The summed E-state index contributed by atoms with van der Waals surface area (Å²) in [6.07, 6.45) is 1.48. The third kappa shape index (κ3) is 4.36. The van der Waals surface area contributed by atoms with Crippen LogP contribution >= 0.6 is 28.1 Å². The van der Waals surface area contributed by atoms with Crippen LogP contribution in [0.4, 0.5) is 4.39 Å².